The van der Waals surface area contributed by atoms with Gasteiger partial charge in [0.2, 0.25) is 0 Å². The van der Waals surface area contributed by atoms with E-state index < -0.39 is 17.7 Å². The molecule has 1 aromatic carbocycles. The van der Waals surface area contributed by atoms with Gasteiger partial charge in [0.05, 0.1) is 18.4 Å². The normalized spacial score (nSPS) is 19.3. The molecule has 0 saturated carbocycles. The Balaban J connectivity index is 2.14. The number of rotatable bonds is 5. The van der Waals surface area contributed by atoms with Crippen LogP contribution in [-0.2, 0) is 14.3 Å². The first kappa shape index (κ1) is 18.4. The minimum Gasteiger partial charge on any atom is -0.507 e. The number of benzene rings is 1. The Morgan fingerprint density at radius 1 is 1.35 bits per heavy atom. The highest BCUT2D eigenvalue weighted by Crippen LogP contribution is 2.39. The van der Waals surface area contributed by atoms with Crippen molar-refractivity contribution in [3.05, 3.63) is 63.5 Å². The number of likely N-dealkylation sites (tertiary alicyclic amines) is 1. The lowest BCUT2D eigenvalue weighted by atomic mass is 9.98. The number of Topliss-reactive ketones (excluding diaryl/α,β-unsaturated/α-hetero) is 1. The molecule has 1 unspecified atom stereocenters. The molecular formula is C19H18BrNO5. The number of ketones is 1. The molecular weight excluding hydrogens is 402 g/mol. The molecule has 1 saturated heterocycles. The SMILES string of the molecule is COCCN1C(=O)C(=O)/C(=C(\O)c2ccc(Br)c(C)c2)C1c1ccco1. The van der Waals surface area contributed by atoms with Crippen LogP contribution in [0, 0.1) is 6.92 Å². The Morgan fingerprint density at radius 3 is 2.73 bits per heavy atom. The van der Waals surface area contributed by atoms with E-state index in [0.717, 1.165) is 10.0 Å². The Labute approximate surface area is 159 Å². The van der Waals surface area contributed by atoms with E-state index >= 15 is 0 Å². The molecule has 3 rings (SSSR count). The molecule has 0 radical (unpaired) electrons. The minimum absolute atomic E-state index is 0.0165. The van der Waals surface area contributed by atoms with E-state index in [4.69, 9.17) is 9.15 Å². The predicted molar refractivity (Wildman–Crippen MR) is 98.5 cm³/mol. The van der Waals surface area contributed by atoms with Crippen molar-refractivity contribution in [2.24, 2.45) is 0 Å². The van der Waals surface area contributed by atoms with Crippen LogP contribution >= 0.6 is 15.9 Å². The summed E-state index contributed by atoms with van der Waals surface area (Å²) in [6, 6.07) is 7.79. The third kappa shape index (κ3) is 3.20. The fourth-order valence-corrected chi connectivity index (χ4v) is 3.24. The number of aliphatic hydroxyl groups excluding tert-OH is 1. The molecule has 0 aliphatic carbocycles. The van der Waals surface area contributed by atoms with Gasteiger partial charge in [0, 0.05) is 23.7 Å². The van der Waals surface area contributed by atoms with Crippen molar-refractivity contribution < 1.29 is 23.8 Å². The van der Waals surface area contributed by atoms with Crippen molar-refractivity contribution in [3.63, 3.8) is 0 Å². The highest BCUT2D eigenvalue weighted by Gasteiger charge is 2.47. The molecule has 26 heavy (non-hydrogen) atoms. The van der Waals surface area contributed by atoms with E-state index in [1.165, 1.54) is 18.3 Å². The number of methoxy groups -OCH3 is 1. The van der Waals surface area contributed by atoms with Gasteiger partial charge >= 0.3 is 0 Å². The molecule has 2 aromatic rings. The molecule has 1 fully saturated rings. The van der Waals surface area contributed by atoms with Gasteiger partial charge in [-0.05, 0) is 36.8 Å². The Morgan fingerprint density at radius 2 is 2.12 bits per heavy atom. The fraction of sp³-hybridized carbons (Fsp3) is 0.263. The Kier molecular flexibility index (Phi) is 5.29. The molecule has 7 heteroatoms. The zero-order valence-corrected chi connectivity index (χ0v) is 15.9. The molecule has 0 spiro atoms. The smallest absolute Gasteiger partial charge is 0.295 e. The number of hydrogen-bond acceptors (Lipinski definition) is 5. The standard InChI is InChI=1S/C19H18BrNO5/c1-11-10-12(5-6-13(11)20)17(22)15-16(14-4-3-8-26-14)21(7-9-25-2)19(24)18(15)23/h3-6,8,10,16,22H,7,9H2,1-2H3/b17-15-. The second-order valence-electron chi connectivity index (χ2n) is 5.96. The lowest BCUT2D eigenvalue weighted by molar-refractivity contribution is -0.140. The van der Waals surface area contributed by atoms with E-state index in [2.05, 4.69) is 15.9 Å². The van der Waals surface area contributed by atoms with Gasteiger partial charge in [-0.15, -0.1) is 0 Å². The van der Waals surface area contributed by atoms with Crippen LogP contribution in [0.2, 0.25) is 0 Å². The maximum absolute atomic E-state index is 12.7. The number of carbonyl (C=O) groups excluding carboxylic acids is 2. The maximum atomic E-state index is 12.7. The summed E-state index contributed by atoms with van der Waals surface area (Å²) in [4.78, 5) is 26.5. The van der Waals surface area contributed by atoms with Crippen molar-refractivity contribution in [1.29, 1.82) is 0 Å². The predicted octanol–water partition coefficient (Wildman–Crippen LogP) is 3.42. The summed E-state index contributed by atoms with van der Waals surface area (Å²) in [5.41, 5.74) is 1.38. The summed E-state index contributed by atoms with van der Waals surface area (Å²) in [6.07, 6.45) is 1.47. The van der Waals surface area contributed by atoms with Crippen LogP contribution in [0.4, 0.5) is 0 Å². The fourth-order valence-electron chi connectivity index (χ4n) is 2.99. The average Bonchev–Trinajstić information content (AvgIpc) is 3.23. The van der Waals surface area contributed by atoms with E-state index in [1.54, 1.807) is 30.3 Å². The van der Waals surface area contributed by atoms with Crippen LogP contribution < -0.4 is 0 Å². The van der Waals surface area contributed by atoms with Crippen LogP contribution in [0.3, 0.4) is 0 Å². The van der Waals surface area contributed by atoms with Crippen molar-refractivity contribution in [3.8, 4) is 0 Å². The molecule has 1 aliphatic rings. The van der Waals surface area contributed by atoms with E-state index in [1.807, 2.05) is 6.92 Å². The Bertz CT molecular complexity index is 872. The second kappa shape index (κ2) is 7.47. The molecule has 0 bridgehead atoms. The van der Waals surface area contributed by atoms with Crippen molar-refractivity contribution >= 4 is 33.4 Å². The van der Waals surface area contributed by atoms with Gasteiger partial charge in [0.25, 0.3) is 11.7 Å². The number of ether oxygens (including phenoxy) is 1. The van der Waals surface area contributed by atoms with E-state index in [9.17, 15) is 14.7 Å². The zero-order chi connectivity index (χ0) is 18.8. The first-order valence-electron chi connectivity index (χ1n) is 8.03. The second-order valence-corrected chi connectivity index (χ2v) is 6.82. The molecule has 136 valence electrons. The van der Waals surface area contributed by atoms with Gasteiger partial charge in [0.15, 0.2) is 0 Å². The third-order valence-electron chi connectivity index (χ3n) is 4.32. The van der Waals surface area contributed by atoms with Gasteiger partial charge in [-0.2, -0.15) is 0 Å². The largest absolute Gasteiger partial charge is 0.507 e. The van der Waals surface area contributed by atoms with Crippen molar-refractivity contribution in [2.45, 2.75) is 13.0 Å². The number of aryl methyl sites for hydroxylation is 1. The third-order valence-corrected chi connectivity index (χ3v) is 5.21. The quantitative estimate of drug-likeness (QED) is 0.456. The van der Waals surface area contributed by atoms with Crippen molar-refractivity contribution in [2.75, 3.05) is 20.3 Å². The van der Waals surface area contributed by atoms with Gasteiger partial charge in [-0.3, -0.25) is 9.59 Å². The van der Waals surface area contributed by atoms with Crippen LogP contribution in [0.1, 0.15) is 22.9 Å². The number of carbonyl (C=O) groups is 2. The summed E-state index contributed by atoms with van der Waals surface area (Å²) >= 11 is 3.41. The average molecular weight is 420 g/mol. The minimum atomic E-state index is -0.788. The molecule has 1 amide bonds. The van der Waals surface area contributed by atoms with Gasteiger partial charge < -0.3 is 19.2 Å². The first-order chi connectivity index (χ1) is 12.5. The summed E-state index contributed by atoms with van der Waals surface area (Å²) in [7, 11) is 1.52. The monoisotopic (exact) mass is 419 g/mol. The number of aliphatic hydroxyl groups is 1. The van der Waals surface area contributed by atoms with E-state index in [0.29, 0.717) is 11.3 Å². The number of amides is 1. The van der Waals surface area contributed by atoms with E-state index in [-0.39, 0.29) is 24.5 Å². The summed E-state index contributed by atoms with van der Waals surface area (Å²) in [6.45, 7) is 2.35. The molecule has 6 nitrogen and oxygen atoms in total. The number of nitrogens with zero attached hydrogens (tertiary/aromatic N) is 1. The summed E-state index contributed by atoms with van der Waals surface area (Å²) in [5.74, 6) is -1.23. The molecule has 1 aliphatic heterocycles. The molecule has 2 heterocycles. The summed E-state index contributed by atoms with van der Waals surface area (Å²) < 4.78 is 11.4. The number of hydrogen-bond donors (Lipinski definition) is 1. The zero-order valence-electron chi connectivity index (χ0n) is 14.4. The Hall–Kier alpha value is -2.38. The number of furan rings is 1. The topological polar surface area (TPSA) is 80.0 Å². The highest BCUT2D eigenvalue weighted by molar-refractivity contribution is 9.10. The van der Waals surface area contributed by atoms with Gasteiger partial charge in [0.1, 0.15) is 17.6 Å². The van der Waals surface area contributed by atoms with Gasteiger partial charge in [-0.1, -0.05) is 22.0 Å². The highest BCUT2D eigenvalue weighted by atomic mass is 79.9. The summed E-state index contributed by atoms with van der Waals surface area (Å²) in [5, 5.41) is 10.8. The van der Waals surface area contributed by atoms with Crippen LogP contribution in [0.25, 0.3) is 5.76 Å². The first-order valence-corrected chi connectivity index (χ1v) is 8.82. The van der Waals surface area contributed by atoms with Crippen LogP contribution in [0.15, 0.2) is 51.1 Å². The lowest BCUT2D eigenvalue weighted by Gasteiger charge is -2.22. The molecule has 1 aromatic heterocycles. The van der Waals surface area contributed by atoms with Gasteiger partial charge in [-0.25, -0.2) is 0 Å². The maximum Gasteiger partial charge on any atom is 0.295 e. The lowest BCUT2D eigenvalue weighted by Crippen LogP contribution is -2.32. The number of halogens is 1. The molecule has 1 atom stereocenters. The van der Waals surface area contributed by atoms with Crippen LogP contribution in [-0.4, -0.2) is 42.0 Å². The molecule has 1 N–H and O–H groups in total. The van der Waals surface area contributed by atoms with Crippen LogP contribution in [0.5, 0.6) is 0 Å². The van der Waals surface area contributed by atoms with Crippen molar-refractivity contribution in [1.82, 2.24) is 4.90 Å².